The van der Waals surface area contributed by atoms with E-state index in [4.69, 9.17) is 0 Å². The Morgan fingerprint density at radius 3 is 2.68 bits per heavy atom. The molecular formula is C17H26N2. The van der Waals surface area contributed by atoms with Gasteiger partial charge in [0.25, 0.3) is 0 Å². The van der Waals surface area contributed by atoms with Gasteiger partial charge in [-0.1, -0.05) is 38.5 Å². The molecule has 1 aromatic carbocycles. The van der Waals surface area contributed by atoms with Gasteiger partial charge in [0.05, 0.1) is 0 Å². The monoisotopic (exact) mass is 258 g/mol. The lowest BCUT2D eigenvalue weighted by atomic mass is 10.1. The number of nitrogens with one attached hydrogen (secondary N) is 1. The lowest BCUT2D eigenvalue weighted by Gasteiger charge is -2.02. The topological polar surface area (TPSA) is 17.0 Å². The highest BCUT2D eigenvalue weighted by Gasteiger charge is 2.07. The van der Waals surface area contributed by atoms with Gasteiger partial charge in [-0.05, 0) is 44.0 Å². The van der Waals surface area contributed by atoms with Gasteiger partial charge in [0.1, 0.15) is 0 Å². The lowest BCUT2D eigenvalue weighted by molar-refractivity contribution is 0.644. The Labute approximate surface area is 116 Å². The SMILES string of the molecule is CCCCn1cc(CCNCCC)c2ccccc21. The number of hydrogen-bond donors (Lipinski definition) is 1. The molecule has 1 aromatic heterocycles. The van der Waals surface area contributed by atoms with Crippen LogP contribution >= 0.6 is 0 Å². The van der Waals surface area contributed by atoms with Gasteiger partial charge in [0, 0.05) is 23.6 Å². The molecule has 0 unspecified atom stereocenters. The summed E-state index contributed by atoms with van der Waals surface area (Å²) < 4.78 is 2.42. The molecule has 1 N–H and O–H groups in total. The van der Waals surface area contributed by atoms with Gasteiger partial charge in [0.2, 0.25) is 0 Å². The summed E-state index contributed by atoms with van der Waals surface area (Å²) in [5.74, 6) is 0. The molecule has 0 aliphatic heterocycles. The van der Waals surface area contributed by atoms with Crippen molar-refractivity contribution in [2.45, 2.75) is 46.1 Å². The Kier molecular flexibility index (Phi) is 5.46. The van der Waals surface area contributed by atoms with Crippen LogP contribution in [0.3, 0.4) is 0 Å². The summed E-state index contributed by atoms with van der Waals surface area (Å²) in [6.45, 7) is 7.80. The number of benzene rings is 1. The Balaban J connectivity index is 2.13. The summed E-state index contributed by atoms with van der Waals surface area (Å²) >= 11 is 0. The predicted octanol–water partition coefficient (Wildman–Crippen LogP) is 3.98. The van der Waals surface area contributed by atoms with Crippen LogP contribution in [0.5, 0.6) is 0 Å². The first kappa shape index (κ1) is 14.1. The molecule has 19 heavy (non-hydrogen) atoms. The van der Waals surface area contributed by atoms with Gasteiger partial charge in [-0.15, -0.1) is 0 Å². The van der Waals surface area contributed by atoms with E-state index < -0.39 is 0 Å². The second-order valence-corrected chi connectivity index (χ2v) is 5.22. The van der Waals surface area contributed by atoms with Gasteiger partial charge in [0.15, 0.2) is 0 Å². The largest absolute Gasteiger partial charge is 0.347 e. The first-order valence-corrected chi connectivity index (χ1v) is 7.64. The molecule has 0 aliphatic rings. The van der Waals surface area contributed by atoms with Gasteiger partial charge in [-0.2, -0.15) is 0 Å². The molecule has 0 spiro atoms. The van der Waals surface area contributed by atoms with Crippen LogP contribution < -0.4 is 5.32 Å². The molecule has 0 bridgehead atoms. The fourth-order valence-corrected chi connectivity index (χ4v) is 2.56. The quantitative estimate of drug-likeness (QED) is 0.709. The number of nitrogens with zero attached hydrogens (tertiary/aromatic N) is 1. The van der Waals surface area contributed by atoms with Gasteiger partial charge < -0.3 is 9.88 Å². The summed E-state index contributed by atoms with van der Waals surface area (Å²) in [5.41, 5.74) is 2.87. The van der Waals surface area contributed by atoms with Crippen LogP contribution in [0, 0.1) is 0 Å². The van der Waals surface area contributed by atoms with E-state index in [1.807, 2.05) is 0 Å². The molecule has 0 saturated carbocycles. The van der Waals surface area contributed by atoms with Crippen LogP contribution in [0.4, 0.5) is 0 Å². The normalized spacial score (nSPS) is 11.3. The standard InChI is InChI=1S/C17H26N2/c1-3-5-13-19-14-15(10-12-18-11-4-2)16-8-6-7-9-17(16)19/h6-9,14,18H,3-5,10-13H2,1-2H3. The second kappa shape index (κ2) is 7.34. The second-order valence-electron chi connectivity index (χ2n) is 5.22. The van der Waals surface area contributed by atoms with E-state index in [0.717, 1.165) is 26.1 Å². The van der Waals surface area contributed by atoms with Crippen LogP contribution in [-0.2, 0) is 13.0 Å². The van der Waals surface area contributed by atoms with Crippen molar-refractivity contribution < 1.29 is 0 Å². The average molecular weight is 258 g/mol. The smallest absolute Gasteiger partial charge is 0.0483 e. The van der Waals surface area contributed by atoms with Crippen molar-refractivity contribution in [2.75, 3.05) is 13.1 Å². The summed E-state index contributed by atoms with van der Waals surface area (Å²) in [6.07, 6.45) is 7.19. The predicted molar refractivity (Wildman–Crippen MR) is 83.7 cm³/mol. The highest BCUT2D eigenvalue weighted by molar-refractivity contribution is 5.84. The number of hydrogen-bond acceptors (Lipinski definition) is 1. The van der Waals surface area contributed by atoms with Gasteiger partial charge in [-0.25, -0.2) is 0 Å². The highest BCUT2D eigenvalue weighted by Crippen LogP contribution is 2.22. The maximum Gasteiger partial charge on any atom is 0.0483 e. The number of unbranched alkanes of at least 4 members (excludes halogenated alkanes) is 1. The molecule has 2 heteroatoms. The third kappa shape index (κ3) is 3.60. The molecule has 0 radical (unpaired) electrons. The highest BCUT2D eigenvalue weighted by atomic mass is 15.0. The fourth-order valence-electron chi connectivity index (χ4n) is 2.56. The molecule has 104 valence electrons. The van der Waals surface area contributed by atoms with Crippen LogP contribution in [0.15, 0.2) is 30.5 Å². The molecule has 0 aliphatic carbocycles. The Morgan fingerprint density at radius 1 is 1.05 bits per heavy atom. The molecular weight excluding hydrogens is 232 g/mol. The third-order valence-corrected chi connectivity index (χ3v) is 3.62. The molecule has 2 aromatic rings. The zero-order chi connectivity index (χ0) is 13.5. The molecule has 2 nitrogen and oxygen atoms in total. The first-order valence-electron chi connectivity index (χ1n) is 7.64. The van der Waals surface area contributed by atoms with Crippen molar-refractivity contribution in [1.29, 1.82) is 0 Å². The van der Waals surface area contributed by atoms with Crippen molar-refractivity contribution in [1.82, 2.24) is 9.88 Å². The summed E-state index contributed by atoms with van der Waals surface area (Å²) in [5, 5.41) is 4.92. The number of fused-ring (bicyclic) bond motifs is 1. The molecule has 1 heterocycles. The van der Waals surface area contributed by atoms with Crippen molar-refractivity contribution in [3.8, 4) is 0 Å². The summed E-state index contributed by atoms with van der Waals surface area (Å²) in [6, 6.07) is 8.79. The van der Waals surface area contributed by atoms with Crippen LogP contribution in [0.2, 0.25) is 0 Å². The molecule has 0 saturated heterocycles. The van der Waals surface area contributed by atoms with Crippen LogP contribution in [0.1, 0.15) is 38.7 Å². The summed E-state index contributed by atoms with van der Waals surface area (Å²) in [4.78, 5) is 0. The number of aryl methyl sites for hydroxylation is 1. The van der Waals surface area contributed by atoms with E-state index >= 15 is 0 Å². The van der Waals surface area contributed by atoms with E-state index in [-0.39, 0.29) is 0 Å². The van der Waals surface area contributed by atoms with Gasteiger partial charge >= 0.3 is 0 Å². The number of rotatable bonds is 8. The minimum atomic E-state index is 1.08. The zero-order valence-corrected chi connectivity index (χ0v) is 12.3. The lowest BCUT2D eigenvalue weighted by Crippen LogP contribution is -2.17. The Morgan fingerprint density at radius 2 is 1.89 bits per heavy atom. The minimum Gasteiger partial charge on any atom is -0.347 e. The summed E-state index contributed by atoms with van der Waals surface area (Å²) in [7, 11) is 0. The first-order chi connectivity index (χ1) is 9.36. The molecule has 2 rings (SSSR count). The molecule has 0 amide bonds. The Bertz CT molecular complexity index is 499. The Hall–Kier alpha value is -1.28. The van der Waals surface area contributed by atoms with Crippen molar-refractivity contribution >= 4 is 10.9 Å². The minimum absolute atomic E-state index is 1.08. The zero-order valence-electron chi connectivity index (χ0n) is 12.3. The van der Waals surface area contributed by atoms with E-state index in [1.165, 1.54) is 35.7 Å². The number of aromatic nitrogens is 1. The van der Waals surface area contributed by atoms with E-state index in [9.17, 15) is 0 Å². The average Bonchev–Trinajstić information content (AvgIpc) is 2.80. The fraction of sp³-hybridized carbons (Fsp3) is 0.529. The van der Waals surface area contributed by atoms with Crippen LogP contribution in [-0.4, -0.2) is 17.7 Å². The third-order valence-electron chi connectivity index (χ3n) is 3.62. The van der Waals surface area contributed by atoms with Crippen molar-refractivity contribution in [3.05, 3.63) is 36.0 Å². The molecule has 0 atom stereocenters. The number of para-hydroxylation sites is 1. The molecule has 0 fully saturated rings. The maximum atomic E-state index is 3.49. The maximum absolute atomic E-state index is 3.49. The van der Waals surface area contributed by atoms with Crippen molar-refractivity contribution in [2.24, 2.45) is 0 Å². The van der Waals surface area contributed by atoms with Crippen LogP contribution in [0.25, 0.3) is 10.9 Å². The van der Waals surface area contributed by atoms with Crippen molar-refractivity contribution in [3.63, 3.8) is 0 Å². The van der Waals surface area contributed by atoms with E-state index in [1.54, 1.807) is 0 Å². The van der Waals surface area contributed by atoms with Gasteiger partial charge in [-0.3, -0.25) is 0 Å². The van der Waals surface area contributed by atoms with E-state index in [2.05, 4.69) is 54.2 Å². The van der Waals surface area contributed by atoms with E-state index in [0.29, 0.717) is 0 Å².